The minimum Gasteiger partial charge on any atom is -0.399 e. The van der Waals surface area contributed by atoms with Gasteiger partial charge in [-0.15, -0.1) is 0 Å². The van der Waals surface area contributed by atoms with Crippen LogP contribution < -0.4 is 10.6 Å². The van der Waals surface area contributed by atoms with Gasteiger partial charge >= 0.3 is 0 Å². The molecule has 0 atom stereocenters. The number of amides is 1. The number of nitrogen functional groups attached to an aromatic ring is 1. The Morgan fingerprint density at radius 3 is 2.75 bits per heavy atom. The van der Waals surface area contributed by atoms with E-state index in [1.807, 2.05) is 55.1 Å². The molecule has 3 rings (SSSR count). The van der Waals surface area contributed by atoms with Crippen LogP contribution >= 0.6 is 0 Å². The third-order valence-electron chi connectivity index (χ3n) is 3.87. The van der Waals surface area contributed by atoms with Crippen LogP contribution in [0.2, 0.25) is 0 Å². The molecule has 3 heteroatoms. The maximum absolute atomic E-state index is 12.8. The fraction of sp³-hybridized carbons (Fsp3) is 0.235. The number of carbonyl (C=O) groups is 1. The van der Waals surface area contributed by atoms with E-state index in [-0.39, 0.29) is 5.91 Å². The summed E-state index contributed by atoms with van der Waals surface area (Å²) in [6.07, 6.45) is 0.872. The monoisotopic (exact) mass is 266 g/mol. The lowest BCUT2D eigenvalue weighted by Crippen LogP contribution is -2.29. The summed E-state index contributed by atoms with van der Waals surface area (Å²) in [6, 6.07) is 11.8. The molecule has 0 fully saturated rings. The van der Waals surface area contributed by atoms with Gasteiger partial charge in [0.25, 0.3) is 5.91 Å². The highest BCUT2D eigenvalue weighted by atomic mass is 16.2. The standard InChI is InChI=1S/C17H18N2O/c1-11-3-4-12(2)15(9-11)17(20)19-8-7-13-10-14(18)5-6-16(13)19/h3-6,9-10H,7-8,18H2,1-2H3. The van der Waals surface area contributed by atoms with Crippen molar-refractivity contribution in [3.8, 4) is 0 Å². The fourth-order valence-corrected chi connectivity index (χ4v) is 2.74. The number of anilines is 2. The number of nitrogens with two attached hydrogens (primary N) is 1. The molecule has 0 radical (unpaired) electrons. The van der Waals surface area contributed by atoms with Gasteiger partial charge in [0.15, 0.2) is 0 Å². The third kappa shape index (κ3) is 2.05. The van der Waals surface area contributed by atoms with Crippen LogP contribution in [0.15, 0.2) is 36.4 Å². The number of nitrogens with zero attached hydrogens (tertiary/aromatic N) is 1. The summed E-state index contributed by atoms with van der Waals surface area (Å²) in [5, 5.41) is 0. The number of fused-ring (bicyclic) bond motifs is 1. The van der Waals surface area contributed by atoms with E-state index in [0.29, 0.717) is 0 Å². The summed E-state index contributed by atoms with van der Waals surface area (Å²) in [6.45, 7) is 4.71. The Kier molecular flexibility index (Phi) is 2.97. The lowest BCUT2D eigenvalue weighted by molar-refractivity contribution is 0.0988. The van der Waals surface area contributed by atoms with E-state index < -0.39 is 0 Å². The number of rotatable bonds is 1. The smallest absolute Gasteiger partial charge is 0.258 e. The Hall–Kier alpha value is -2.29. The highest BCUT2D eigenvalue weighted by molar-refractivity contribution is 6.08. The number of hydrogen-bond donors (Lipinski definition) is 1. The van der Waals surface area contributed by atoms with Crippen molar-refractivity contribution in [2.24, 2.45) is 0 Å². The van der Waals surface area contributed by atoms with Crippen LogP contribution in [0.25, 0.3) is 0 Å². The first-order valence-electron chi connectivity index (χ1n) is 6.84. The second-order valence-corrected chi connectivity index (χ2v) is 5.41. The van der Waals surface area contributed by atoms with Crippen molar-refractivity contribution in [2.45, 2.75) is 20.3 Å². The molecule has 2 N–H and O–H groups in total. The molecule has 0 unspecified atom stereocenters. The molecule has 0 saturated carbocycles. The van der Waals surface area contributed by atoms with Crippen molar-refractivity contribution >= 4 is 17.3 Å². The normalized spacial score (nSPS) is 13.4. The van der Waals surface area contributed by atoms with Crippen molar-refractivity contribution in [3.63, 3.8) is 0 Å². The van der Waals surface area contributed by atoms with E-state index >= 15 is 0 Å². The summed E-state index contributed by atoms with van der Waals surface area (Å²) in [5.74, 6) is 0.0784. The summed E-state index contributed by atoms with van der Waals surface area (Å²) in [5.41, 5.74) is 11.6. The van der Waals surface area contributed by atoms with Crippen LogP contribution in [0, 0.1) is 13.8 Å². The molecule has 0 aliphatic carbocycles. The van der Waals surface area contributed by atoms with Gasteiger partial charge in [0.05, 0.1) is 0 Å². The first kappa shape index (κ1) is 12.7. The minimum atomic E-state index is 0.0784. The van der Waals surface area contributed by atoms with Gasteiger partial charge < -0.3 is 10.6 Å². The van der Waals surface area contributed by atoms with Crippen LogP contribution in [0.4, 0.5) is 11.4 Å². The number of hydrogen-bond acceptors (Lipinski definition) is 2. The van der Waals surface area contributed by atoms with Crippen LogP contribution in [0.5, 0.6) is 0 Å². The van der Waals surface area contributed by atoms with Gasteiger partial charge in [-0.25, -0.2) is 0 Å². The second kappa shape index (κ2) is 4.67. The Balaban J connectivity index is 2.00. The molecule has 0 bridgehead atoms. The Bertz CT molecular complexity index is 691. The molecular formula is C17H18N2O. The van der Waals surface area contributed by atoms with Gasteiger partial charge in [-0.1, -0.05) is 17.7 Å². The van der Waals surface area contributed by atoms with Gasteiger partial charge in [-0.3, -0.25) is 4.79 Å². The van der Waals surface area contributed by atoms with Crippen molar-refractivity contribution in [1.82, 2.24) is 0 Å². The summed E-state index contributed by atoms with van der Waals surface area (Å²) >= 11 is 0. The van der Waals surface area contributed by atoms with Crippen molar-refractivity contribution in [3.05, 3.63) is 58.7 Å². The quantitative estimate of drug-likeness (QED) is 0.806. The first-order chi connectivity index (χ1) is 9.56. The van der Waals surface area contributed by atoms with E-state index in [0.717, 1.165) is 46.6 Å². The topological polar surface area (TPSA) is 46.3 Å². The number of carbonyl (C=O) groups excluding carboxylic acids is 1. The zero-order chi connectivity index (χ0) is 14.3. The highest BCUT2D eigenvalue weighted by Crippen LogP contribution is 2.31. The van der Waals surface area contributed by atoms with E-state index in [9.17, 15) is 4.79 Å². The van der Waals surface area contributed by atoms with Gasteiger partial charge in [0.2, 0.25) is 0 Å². The molecule has 1 heterocycles. The van der Waals surface area contributed by atoms with Gasteiger partial charge in [0, 0.05) is 23.5 Å². The van der Waals surface area contributed by atoms with Crippen LogP contribution in [0.3, 0.4) is 0 Å². The molecule has 0 spiro atoms. The predicted octanol–water partition coefficient (Wildman–Crippen LogP) is 3.09. The molecule has 0 saturated heterocycles. The predicted molar refractivity (Wildman–Crippen MR) is 82.2 cm³/mol. The summed E-state index contributed by atoms with van der Waals surface area (Å²) in [4.78, 5) is 14.6. The van der Waals surface area contributed by atoms with Crippen LogP contribution in [-0.2, 0) is 6.42 Å². The average molecular weight is 266 g/mol. The van der Waals surface area contributed by atoms with Crippen LogP contribution in [0.1, 0.15) is 27.0 Å². The van der Waals surface area contributed by atoms with Crippen molar-refractivity contribution in [1.29, 1.82) is 0 Å². The van der Waals surface area contributed by atoms with E-state index in [1.165, 1.54) is 0 Å². The fourth-order valence-electron chi connectivity index (χ4n) is 2.74. The molecule has 3 nitrogen and oxygen atoms in total. The van der Waals surface area contributed by atoms with Crippen molar-refractivity contribution < 1.29 is 4.79 Å². The van der Waals surface area contributed by atoms with E-state index in [2.05, 4.69) is 0 Å². The molecule has 1 aliphatic heterocycles. The van der Waals surface area contributed by atoms with Crippen LogP contribution in [-0.4, -0.2) is 12.5 Å². The third-order valence-corrected chi connectivity index (χ3v) is 3.87. The molecular weight excluding hydrogens is 248 g/mol. The summed E-state index contributed by atoms with van der Waals surface area (Å²) < 4.78 is 0. The van der Waals surface area contributed by atoms with E-state index in [1.54, 1.807) is 0 Å². The van der Waals surface area contributed by atoms with Gasteiger partial charge in [-0.05, 0) is 55.7 Å². The molecule has 2 aromatic carbocycles. The second-order valence-electron chi connectivity index (χ2n) is 5.41. The summed E-state index contributed by atoms with van der Waals surface area (Å²) in [7, 11) is 0. The van der Waals surface area contributed by atoms with Crippen molar-refractivity contribution in [2.75, 3.05) is 17.2 Å². The molecule has 102 valence electrons. The Morgan fingerprint density at radius 1 is 1.15 bits per heavy atom. The molecule has 2 aromatic rings. The zero-order valence-electron chi connectivity index (χ0n) is 11.8. The van der Waals surface area contributed by atoms with Gasteiger partial charge in [-0.2, -0.15) is 0 Å². The SMILES string of the molecule is Cc1ccc(C)c(C(=O)N2CCc3cc(N)ccc32)c1. The molecule has 1 aliphatic rings. The average Bonchev–Trinajstić information content (AvgIpc) is 2.83. The Morgan fingerprint density at radius 2 is 1.95 bits per heavy atom. The Labute approximate surface area is 119 Å². The molecule has 20 heavy (non-hydrogen) atoms. The minimum absolute atomic E-state index is 0.0784. The van der Waals surface area contributed by atoms with Gasteiger partial charge in [0.1, 0.15) is 0 Å². The highest BCUT2D eigenvalue weighted by Gasteiger charge is 2.26. The molecule has 1 amide bonds. The maximum Gasteiger partial charge on any atom is 0.258 e. The number of aryl methyl sites for hydroxylation is 2. The lowest BCUT2D eigenvalue weighted by Gasteiger charge is -2.19. The first-order valence-corrected chi connectivity index (χ1v) is 6.84. The largest absolute Gasteiger partial charge is 0.399 e. The number of benzene rings is 2. The maximum atomic E-state index is 12.8. The van der Waals surface area contributed by atoms with E-state index in [4.69, 9.17) is 5.73 Å². The lowest BCUT2D eigenvalue weighted by atomic mass is 10.0. The zero-order valence-corrected chi connectivity index (χ0v) is 11.8. The molecule has 0 aromatic heterocycles.